The number of carboxylic acid groups (broad SMARTS) is 1. The molecule has 1 atom stereocenters. The van der Waals surface area contributed by atoms with Gasteiger partial charge in [-0.1, -0.05) is 0 Å². The molecule has 0 spiro atoms. The highest BCUT2D eigenvalue weighted by molar-refractivity contribution is 9.11. The van der Waals surface area contributed by atoms with Crippen molar-refractivity contribution in [3.8, 4) is 0 Å². The topological polar surface area (TPSA) is 57.6 Å². The van der Waals surface area contributed by atoms with E-state index in [-0.39, 0.29) is 5.91 Å². The average Bonchev–Trinajstić information content (AvgIpc) is 2.85. The zero-order valence-electron chi connectivity index (χ0n) is 9.27. The Bertz CT molecular complexity index is 452. The van der Waals surface area contributed by atoms with Gasteiger partial charge in [-0.05, 0) is 47.3 Å². The van der Waals surface area contributed by atoms with Gasteiger partial charge in [-0.3, -0.25) is 4.79 Å². The summed E-state index contributed by atoms with van der Waals surface area (Å²) in [7, 11) is 0. The predicted molar refractivity (Wildman–Crippen MR) is 68.5 cm³/mol. The summed E-state index contributed by atoms with van der Waals surface area (Å²) in [6.07, 6.45) is 1.31. The number of amides is 1. The highest BCUT2D eigenvalue weighted by Crippen LogP contribution is 2.30. The van der Waals surface area contributed by atoms with Crippen LogP contribution in [0.4, 0.5) is 0 Å². The molecule has 2 heterocycles. The van der Waals surface area contributed by atoms with Crippen LogP contribution in [0.3, 0.4) is 0 Å². The van der Waals surface area contributed by atoms with Crippen molar-refractivity contribution in [3.63, 3.8) is 0 Å². The first-order chi connectivity index (χ1) is 8.00. The Balaban J connectivity index is 2.22. The number of hydrogen-bond donors (Lipinski definition) is 1. The van der Waals surface area contributed by atoms with E-state index in [0.29, 0.717) is 17.8 Å². The first-order valence-electron chi connectivity index (χ1n) is 5.30. The van der Waals surface area contributed by atoms with Crippen LogP contribution in [0.5, 0.6) is 0 Å². The summed E-state index contributed by atoms with van der Waals surface area (Å²) >= 11 is 4.72. The summed E-state index contributed by atoms with van der Waals surface area (Å²) in [6.45, 7) is 2.44. The van der Waals surface area contributed by atoms with E-state index in [1.807, 2.05) is 6.92 Å². The van der Waals surface area contributed by atoms with E-state index in [0.717, 1.165) is 15.8 Å². The molecule has 0 saturated carbocycles. The second-order valence-electron chi connectivity index (χ2n) is 4.06. The fraction of sp³-hybridized carbons (Fsp3) is 0.455. The maximum atomic E-state index is 12.2. The van der Waals surface area contributed by atoms with Crippen molar-refractivity contribution in [2.45, 2.75) is 25.8 Å². The van der Waals surface area contributed by atoms with Crippen molar-refractivity contribution >= 4 is 39.1 Å². The third kappa shape index (κ3) is 2.37. The van der Waals surface area contributed by atoms with Crippen LogP contribution in [0.15, 0.2) is 9.85 Å². The van der Waals surface area contributed by atoms with E-state index < -0.39 is 12.0 Å². The number of carbonyl (C=O) groups is 2. The Hall–Kier alpha value is -0.880. The van der Waals surface area contributed by atoms with Gasteiger partial charge in [0.2, 0.25) is 0 Å². The SMILES string of the molecule is Cc1cc(C(=O)N2CCC[C@H]2C(=O)O)sc1Br. The molecule has 0 unspecified atom stereocenters. The first kappa shape index (κ1) is 12.6. The fourth-order valence-corrected chi connectivity index (χ4v) is 3.46. The minimum atomic E-state index is -0.914. The van der Waals surface area contributed by atoms with Gasteiger partial charge in [0.15, 0.2) is 0 Å². The molecular formula is C11H12BrNO3S. The lowest BCUT2D eigenvalue weighted by molar-refractivity contribution is -0.141. The Morgan fingerprint density at radius 3 is 2.82 bits per heavy atom. The Labute approximate surface area is 111 Å². The number of nitrogens with zero attached hydrogens (tertiary/aromatic N) is 1. The van der Waals surface area contributed by atoms with E-state index in [4.69, 9.17) is 5.11 Å². The highest BCUT2D eigenvalue weighted by Gasteiger charge is 2.35. The molecule has 0 aliphatic carbocycles. The molecule has 1 amide bonds. The molecule has 0 bridgehead atoms. The molecule has 17 heavy (non-hydrogen) atoms. The smallest absolute Gasteiger partial charge is 0.326 e. The highest BCUT2D eigenvalue weighted by atomic mass is 79.9. The summed E-state index contributed by atoms with van der Waals surface area (Å²) in [5.74, 6) is -1.09. The summed E-state index contributed by atoms with van der Waals surface area (Å²) < 4.78 is 0.923. The zero-order valence-corrected chi connectivity index (χ0v) is 11.7. The number of halogens is 1. The van der Waals surface area contributed by atoms with Crippen molar-refractivity contribution in [2.24, 2.45) is 0 Å². The van der Waals surface area contributed by atoms with Gasteiger partial charge in [0, 0.05) is 6.54 Å². The lowest BCUT2D eigenvalue weighted by Gasteiger charge is -2.20. The van der Waals surface area contributed by atoms with Gasteiger partial charge >= 0.3 is 5.97 Å². The molecular weight excluding hydrogens is 306 g/mol. The molecule has 1 aromatic heterocycles. The van der Waals surface area contributed by atoms with Crippen molar-refractivity contribution < 1.29 is 14.7 Å². The van der Waals surface area contributed by atoms with Gasteiger partial charge in [0.25, 0.3) is 5.91 Å². The maximum absolute atomic E-state index is 12.2. The van der Waals surface area contributed by atoms with Gasteiger partial charge in [-0.15, -0.1) is 11.3 Å². The van der Waals surface area contributed by atoms with Crippen LogP contribution >= 0.6 is 27.3 Å². The van der Waals surface area contributed by atoms with Crippen molar-refractivity contribution in [2.75, 3.05) is 6.54 Å². The summed E-state index contributed by atoms with van der Waals surface area (Å²) in [5, 5.41) is 9.04. The molecule has 1 aromatic rings. The van der Waals surface area contributed by atoms with E-state index >= 15 is 0 Å². The van der Waals surface area contributed by atoms with Crippen molar-refractivity contribution in [1.29, 1.82) is 0 Å². The van der Waals surface area contributed by atoms with Gasteiger partial charge in [0.05, 0.1) is 8.66 Å². The van der Waals surface area contributed by atoms with Gasteiger partial charge in [-0.25, -0.2) is 4.79 Å². The van der Waals surface area contributed by atoms with E-state index in [1.165, 1.54) is 16.2 Å². The Kier molecular flexibility index (Phi) is 3.53. The Morgan fingerprint density at radius 1 is 1.59 bits per heavy atom. The molecule has 1 saturated heterocycles. The van der Waals surface area contributed by atoms with Crippen LogP contribution in [0.1, 0.15) is 28.1 Å². The van der Waals surface area contributed by atoms with E-state index in [2.05, 4.69) is 15.9 Å². The number of aryl methyl sites for hydroxylation is 1. The van der Waals surface area contributed by atoms with Gasteiger partial charge in [-0.2, -0.15) is 0 Å². The van der Waals surface area contributed by atoms with Crippen molar-refractivity contribution in [1.82, 2.24) is 4.90 Å². The summed E-state index contributed by atoms with van der Waals surface area (Å²) in [5.41, 5.74) is 1.00. The van der Waals surface area contributed by atoms with E-state index in [1.54, 1.807) is 6.07 Å². The third-order valence-corrected chi connectivity index (χ3v) is 4.99. The van der Waals surface area contributed by atoms with Crippen LogP contribution in [0.25, 0.3) is 0 Å². The van der Waals surface area contributed by atoms with Crippen LogP contribution in [-0.2, 0) is 4.79 Å². The molecule has 2 rings (SSSR count). The summed E-state index contributed by atoms with van der Waals surface area (Å²) in [4.78, 5) is 25.3. The molecule has 1 N–H and O–H groups in total. The van der Waals surface area contributed by atoms with Crippen LogP contribution in [-0.4, -0.2) is 34.5 Å². The molecule has 92 valence electrons. The second-order valence-corrected chi connectivity index (χ2v) is 6.43. The minimum absolute atomic E-state index is 0.172. The van der Waals surface area contributed by atoms with Gasteiger partial charge < -0.3 is 10.0 Å². The molecule has 0 aromatic carbocycles. The molecule has 1 aliphatic rings. The maximum Gasteiger partial charge on any atom is 0.326 e. The number of likely N-dealkylation sites (tertiary alicyclic amines) is 1. The predicted octanol–water partition coefficient (Wildman–Crippen LogP) is 2.51. The molecule has 0 radical (unpaired) electrons. The standard InChI is InChI=1S/C11H12BrNO3S/c1-6-5-8(17-9(6)12)10(14)13-4-2-3-7(13)11(15)16/h5,7H,2-4H2,1H3,(H,15,16)/t7-/m0/s1. The normalized spacial score (nSPS) is 19.6. The first-order valence-corrected chi connectivity index (χ1v) is 6.91. The largest absolute Gasteiger partial charge is 0.480 e. The number of carboxylic acids is 1. The molecule has 4 nitrogen and oxygen atoms in total. The van der Waals surface area contributed by atoms with Crippen molar-refractivity contribution in [3.05, 3.63) is 20.3 Å². The van der Waals surface area contributed by atoms with E-state index in [9.17, 15) is 9.59 Å². The number of rotatable bonds is 2. The lowest BCUT2D eigenvalue weighted by atomic mass is 10.2. The quantitative estimate of drug-likeness (QED) is 0.911. The number of hydrogen-bond acceptors (Lipinski definition) is 3. The molecule has 6 heteroatoms. The fourth-order valence-electron chi connectivity index (χ4n) is 1.97. The van der Waals surface area contributed by atoms with Crippen LogP contribution in [0.2, 0.25) is 0 Å². The van der Waals surface area contributed by atoms with Gasteiger partial charge in [0.1, 0.15) is 6.04 Å². The number of thiophene rings is 1. The second kappa shape index (κ2) is 4.78. The Morgan fingerprint density at radius 2 is 2.29 bits per heavy atom. The lowest BCUT2D eigenvalue weighted by Crippen LogP contribution is -2.40. The van der Waals surface area contributed by atoms with Crippen LogP contribution < -0.4 is 0 Å². The van der Waals surface area contributed by atoms with Crippen LogP contribution in [0, 0.1) is 6.92 Å². The zero-order chi connectivity index (χ0) is 12.6. The summed E-state index contributed by atoms with van der Waals surface area (Å²) in [6, 6.07) is 1.14. The monoisotopic (exact) mass is 317 g/mol. The third-order valence-electron chi connectivity index (χ3n) is 2.87. The average molecular weight is 318 g/mol. The number of aliphatic carboxylic acids is 1. The molecule has 1 fully saturated rings. The number of carbonyl (C=O) groups excluding carboxylic acids is 1. The minimum Gasteiger partial charge on any atom is -0.480 e. The molecule has 1 aliphatic heterocycles.